The van der Waals surface area contributed by atoms with E-state index in [0.717, 1.165) is 16.7 Å². The standard InChI is InChI=1S/C14H21BrN2O/c1-9(2)10(3)7-16-14(18)13-6-11(15)8-17(13)12-4-5-12/h6,8-10,12H,4-5,7H2,1-3H3,(H,16,18). The van der Waals surface area contributed by atoms with Gasteiger partial charge in [0.2, 0.25) is 0 Å². The fourth-order valence-electron chi connectivity index (χ4n) is 1.86. The highest BCUT2D eigenvalue weighted by atomic mass is 79.9. The van der Waals surface area contributed by atoms with Crippen molar-refractivity contribution in [3.8, 4) is 0 Å². The Kier molecular flexibility index (Phi) is 4.15. The predicted molar refractivity (Wildman–Crippen MR) is 76.7 cm³/mol. The number of carbonyl (C=O) groups is 1. The van der Waals surface area contributed by atoms with Crippen LogP contribution in [0.2, 0.25) is 0 Å². The van der Waals surface area contributed by atoms with E-state index in [4.69, 9.17) is 0 Å². The van der Waals surface area contributed by atoms with Crippen molar-refractivity contribution in [3.63, 3.8) is 0 Å². The van der Waals surface area contributed by atoms with Crippen LogP contribution in [-0.4, -0.2) is 17.0 Å². The molecule has 4 heteroatoms. The number of hydrogen-bond acceptors (Lipinski definition) is 1. The SMILES string of the molecule is CC(C)C(C)CNC(=O)c1cc(Br)cn1C1CC1. The Labute approximate surface area is 117 Å². The quantitative estimate of drug-likeness (QED) is 0.885. The van der Waals surface area contributed by atoms with Gasteiger partial charge >= 0.3 is 0 Å². The third-order valence-electron chi connectivity index (χ3n) is 3.71. The molecule has 2 rings (SSSR count). The number of nitrogens with zero attached hydrogens (tertiary/aromatic N) is 1. The number of aromatic nitrogens is 1. The van der Waals surface area contributed by atoms with E-state index in [0.29, 0.717) is 17.9 Å². The Morgan fingerprint density at radius 2 is 2.17 bits per heavy atom. The van der Waals surface area contributed by atoms with Crippen LogP contribution in [0.3, 0.4) is 0 Å². The lowest BCUT2D eigenvalue weighted by molar-refractivity contribution is 0.0935. The van der Waals surface area contributed by atoms with Crippen molar-refractivity contribution in [1.29, 1.82) is 0 Å². The summed E-state index contributed by atoms with van der Waals surface area (Å²) in [6, 6.07) is 2.44. The van der Waals surface area contributed by atoms with E-state index >= 15 is 0 Å². The molecule has 3 nitrogen and oxygen atoms in total. The van der Waals surface area contributed by atoms with E-state index in [1.165, 1.54) is 12.8 Å². The average Bonchev–Trinajstić information content (AvgIpc) is 3.08. The molecule has 1 fully saturated rings. The molecule has 100 valence electrons. The first-order chi connectivity index (χ1) is 8.49. The van der Waals surface area contributed by atoms with Crippen molar-refractivity contribution in [2.75, 3.05) is 6.54 Å². The van der Waals surface area contributed by atoms with Gasteiger partial charge in [0, 0.05) is 23.3 Å². The van der Waals surface area contributed by atoms with Gasteiger partial charge in [-0.05, 0) is 46.7 Å². The van der Waals surface area contributed by atoms with Crippen LogP contribution in [0, 0.1) is 11.8 Å². The molecule has 0 spiro atoms. The number of amides is 1. The number of hydrogen-bond donors (Lipinski definition) is 1. The average molecular weight is 313 g/mol. The fraction of sp³-hybridized carbons (Fsp3) is 0.643. The second-order valence-corrected chi connectivity index (χ2v) is 6.53. The number of carbonyl (C=O) groups excluding carboxylic acids is 1. The van der Waals surface area contributed by atoms with E-state index in [1.807, 2.05) is 12.3 Å². The predicted octanol–water partition coefficient (Wildman–Crippen LogP) is 3.61. The lowest BCUT2D eigenvalue weighted by atomic mass is 9.98. The molecule has 1 aromatic rings. The monoisotopic (exact) mass is 312 g/mol. The minimum atomic E-state index is 0.0418. The molecule has 18 heavy (non-hydrogen) atoms. The summed E-state index contributed by atoms with van der Waals surface area (Å²) in [5.74, 6) is 1.13. The summed E-state index contributed by atoms with van der Waals surface area (Å²) in [6.45, 7) is 7.27. The van der Waals surface area contributed by atoms with Gasteiger partial charge in [-0.15, -0.1) is 0 Å². The largest absolute Gasteiger partial charge is 0.350 e. The van der Waals surface area contributed by atoms with E-state index < -0.39 is 0 Å². The van der Waals surface area contributed by atoms with E-state index in [-0.39, 0.29) is 5.91 Å². The highest BCUT2D eigenvalue weighted by Crippen LogP contribution is 2.37. The van der Waals surface area contributed by atoms with Crippen LogP contribution in [-0.2, 0) is 0 Å². The van der Waals surface area contributed by atoms with Crippen LogP contribution in [0.5, 0.6) is 0 Å². The Bertz CT molecular complexity index is 435. The van der Waals surface area contributed by atoms with Gasteiger partial charge < -0.3 is 9.88 Å². The van der Waals surface area contributed by atoms with E-state index in [1.54, 1.807) is 0 Å². The molecule has 0 saturated heterocycles. The minimum Gasteiger partial charge on any atom is -0.350 e. The zero-order valence-electron chi connectivity index (χ0n) is 11.2. The molecule has 1 saturated carbocycles. The topological polar surface area (TPSA) is 34.0 Å². The third-order valence-corrected chi connectivity index (χ3v) is 4.14. The van der Waals surface area contributed by atoms with Crippen molar-refractivity contribution in [3.05, 3.63) is 22.4 Å². The first-order valence-corrected chi connectivity index (χ1v) is 7.44. The van der Waals surface area contributed by atoms with Gasteiger partial charge in [0.25, 0.3) is 5.91 Å². The fourth-order valence-corrected chi connectivity index (χ4v) is 2.30. The van der Waals surface area contributed by atoms with Crippen molar-refractivity contribution < 1.29 is 4.79 Å². The smallest absolute Gasteiger partial charge is 0.267 e. The summed E-state index contributed by atoms with van der Waals surface area (Å²) in [7, 11) is 0. The number of nitrogens with one attached hydrogen (secondary N) is 1. The van der Waals surface area contributed by atoms with Crippen LogP contribution in [0.4, 0.5) is 0 Å². The van der Waals surface area contributed by atoms with E-state index in [9.17, 15) is 4.79 Å². The Morgan fingerprint density at radius 3 is 2.72 bits per heavy atom. The lowest BCUT2D eigenvalue weighted by Crippen LogP contribution is -2.31. The minimum absolute atomic E-state index is 0.0418. The van der Waals surface area contributed by atoms with Gasteiger partial charge in [-0.25, -0.2) is 0 Å². The van der Waals surface area contributed by atoms with Gasteiger partial charge in [0.05, 0.1) is 0 Å². The summed E-state index contributed by atoms with van der Waals surface area (Å²) in [4.78, 5) is 12.2. The molecule has 1 unspecified atom stereocenters. The molecule has 1 heterocycles. The molecular formula is C14H21BrN2O. The first-order valence-electron chi connectivity index (χ1n) is 6.64. The van der Waals surface area contributed by atoms with Gasteiger partial charge in [0.15, 0.2) is 0 Å². The molecule has 1 atom stereocenters. The van der Waals surface area contributed by atoms with Crippen molar-refractivity contribution >= 4 is 21.8 Å². The molecule has 1 amide bonds. The summed E-state index contributed by atoms with van der Waals surface area (Å²) < 4.78 is 3.08. The van der Waals surface area contributed by atoms with Crippen LogP contribution >= 0.6 is 15.9 Å². The molecule has 1 aliphatic carbocycles. The highest BCUT2D eigenvalue weighted by Gasteiger charge is 2.27. The second-order valence-electron chi connectivity index (χ2n) is 5.61. The Hall–Kier alpha value is -0.770. The van der Waals surface area contributed by atoms with Gasteiger partial charge in [-0.1, -0.05) is 20.8 Å². The normalized spacial score (nSPS) is 16.9. The third kappa shape index (κ3) is 3.16. The van der Waals surface area contributed by atoms with Crippen LogP contribution in [0.25, 0.3) is 0 Å². The number of halogens is 1. The van der Waals surface area contributed by atoms with Crippen molar-refractivity contribution in [2.24, 2.45) is 11.8 Å². The lowest BCUT2D eigenvalue weighted by Gasteiger charge is -2.16. The molecule has 1 N–H and O–H groups in total. The Balaban J connectivity index is 2.00. The zero-order chi connectivity index (χ0) is 13.3. The summed E-state index contributed by atoms with van der Waals surface area (Å²) in [5.41, 5.74) is 0.778. The van der Waals surface area contributed by atoms with Gasteiger partial charge in [0.1, 0.15) is 5.69 Å². The summed E-state index contributed by atoms with van der Waals surface area (Å²) in [5, 5.41) is 3.04. The maximum Gasteiger partial charge on any atom is 0.267 e. The molecule has 0 aliphatic heterocycles. The zero-order valence-corrected chi connectivity index (χ0v) is 12.8. The molecule has 1 aliphatic rings. The summed E-state index contributed by atoms with van der Waals surface area (Å²) >= 11 is 3.45. The molecule has 1 aromatic heterocycles. The first kappa shape index (κ1) is 13.7. The number of rotatable bonds is 5. The van der Waals surface area contributed by atoms with Crippen LogP contribution < -0.4 is 5.32 Å². The molecule has 0 radical (unpaired) electrons. The maximum atomic E-state index is 12.2. The molecule has 0 aromatic carbocycles. The van der Waals surface area contributed by atoms with Crippen LogP contribution in [0.1, 0.15) is 50.1 Å². The molecule has 0 bridgehead atoms. The van der Waals surface area contributed by atoms with Crippen molar-refractivity contribution in [1.82, 2.24) is 9.88 Å². The van der Waals surface area contributed by atoms with Crippen LogP contribution in [0.15, 0.2) is 16.7 Å². The van der Waals surface area contributed by atoms with E-state index in [2.05, 4.69) is 46.6 Å². The van der Waals surface area contributed by atoms with Gasteiger partial charge in [-0.3, -0.25) is 4.79 Å². The second kappa shape index (κ2) is 5.47. The van der Waals surface area contributed by atoms with Gasteiger partial charge in [-0.2, -0.15) is 0 Å². The van der Waals surface area contributed by atoms with Crippen molar-refractivity contribution in [2.45, 2.75) is 39.7 Å². The highest BCUT2D eigenvalue weighted by molar-refractivity contribution is 9.10. The molecular weight excluding hydrogens is 292 g/mol. The summed E-state index contributed by atoms with van der Waals surface area (Å²) in [6.07, 6.45) is 4.38. The Morgan fingerprint density at radius 1 is 1.50 bits per heavy atom. The maximum absolute atomic E-state index is 12.2.